The maximum atomic E-state index is 11.2. The zero-order valence-corrected chi connectivity index (χ0v) is 8.87. The van der Waals surface area contributed by atoms with Crippen LogP contribution in [0.25, 0.3) is 0 Å². The van der Waals surface area contributed by atoms with E-state index in [1.54, 1.807) is 4.90 Å². The zero-order chi connectivity index (χ0) is 9.02. The van der Waals surface area contributed by atoms with Gasteiger partial charge in [-0.25, -0.2) is 0 Å². The Morgan fingerprint density at radius 1 is 1.27 bits per heavy atom. The average Bonchev–Trinajstić information content (AvgIpc) is 1.85. The lowest BCUT2D eigenvalue weighted by Crippen LogP contribution is -2.39. The quantitative estimate of drug-likeness (QED) is 0.675. The highest BCUT2D eigenvalue weighted by Crippen LogP contribution is 2.17. The predicted octanol–water partition coefficient (Wildman–Crippen LogP) is 3.11. The normalized spacial score (nSPS) is 10.8. The average molecular weight is 196 g/mol. The molecule has 4 heteroatoms. The second kappa shape index (κ2) is 4.88. The monoisotopic (exact) mass is 195 g/mol. The van der Waals surface area contributed by atoms with Crippen molar-refractivity contribution in [2.24, 2.45) is 0 Å². The van der Waals surface area contributed by atoms with Gasteiger partial charge in [0, 0.05) is 23.1 Å². The van der Waals surface area contributed by atoms with Crippen molar-refractivity contribution in [3.63, 3.8) is 0 Å². The van der Waals surface area contributed by atoms with E-state index >= 15 is 0 Å². The lowest BCUT2D eigenvalue weighted by atomic mass is 10.2. The van der Waals surface area contributed by atoms with Crippen LogP contribution in [-0.4, -0.2) is 22.2 Å². The topological polar surface area (TPSA) is 20.3 Å². The van der Waals surface area contributed by atoms with Crippen LogP contribution in [0.5, 0.6) is 0 Å². The van der Waals surface area contributed by atoms with Gasteiger partial charge in [-0.3, -0.25) is 4.79 Å². The molecule has 0 N–H and O–H groups in total. The van der Waals surface area contributed by atoms with Crippen molar-refractivity contribution in [3.05, 3.63) is 0 Å². The summed E-state index contributed by atoms with van der Waals surface area (Å²) in [6.45, 7) is 7.91. The maximum absolute atomic E-state index is 11.2. The molecular formula is C7H14ClNOS. The number of hydrogen-bond acceptors (Lipinski definition) is 2. The lowest BCUT2D eigenvalue weighted by molar-refractivity contribution is 0.190. The standard InChI is InChI=1S/C7H14ClNOS/c1-5(2)9(6(3)4)7(10)11-8/h5-6H,1-4H3. The smallest absolute Gasteiger partial charge is 0.297 e. The van der Waals surface area contributed by atoms with Gasteiger partial charge in [0.2, 0.25) is 0 Å². The van der Waals surface area contributed by atoms with Crippen molar-refractivity contribution in [2.75, 3.05) is 0 Å². The Labute approximate surface area is 76.8 Å². The molecule has 0 atom stereocenters. The van der Waals surface area contributed by atoms with Crippen LogP contribution < -0.4 is 0 Å². The van der Waals surface area contributed by atoms with Crippen molar-refractivity contribution >= 4 is 26.9 Å². The van der Waals surface area contributed by atoms with Crippen molar-refractivity contribution in [2.45, 2.75) is 39.8 Å². The highest BCUT2D eigenvalue weighted by molar-refractivity contribution is 8.32. The summed E-state index contributed by atoms with van der Waals surface area (Å²) in [6.07, 6.45) is 0. The zero-order valence-electron chi connectivity index (χ0n) is 7.30. The molecule has 0 saturated carbocycles. The molecule has 0 heterocycles. The molecule has 0 aliphatic heterocycles. The molecule has 0 bridgehead atoms. The van der Waals surface area contributed by atoms with Gasteiger partial charge in [-0.2, -0.15) is 0 Å². The Hall–Kier alpha value is 0.110. The molecule has 0 aromatic heterocycles. The SMILES string of the molecule is CC(C)N(C(=O)SCl)C(C)C. The van der Waals surface area contributed by atoms with Crippen LogP contribution in [0.15, 0.2) is 0 Å². The van der Waals surface area contributed by atoms with Crippen LogP contribution in [0.4, 0.5) is 4.79 Å². The first-order valence-electron chi connectivity index (χ1n) is 3.61. The van der Waals surface area contributed by atoms with Gasteiger partial charge in [0.05, 0.1) is 0 Å². The minimum atomic E-state index is -0.0725. The third-order valence-corrected chi connectivity index (χ3v) is 2.13. The molecule has 0 aromatic carbocycles. The van der Waals surface area contributed by atoms with Gasteiger partial charge in [-0.05, 0) is 38.4 Å². The molecule has 0 fully saturated rings. The fourth-order valence-corrected chi connectivity index (χ4v) is 1.80. The van der Waals surface area contributed by atoms with Crippen molar-refractivity contribution in [1.29, 1.82) is 0 Å². The molecule has 11 heavy (non-hydrogen) atoms. The van der Waals surface area contributed by atoms with E-state index < -0.39 is 0 Å². The van der Waals surface area contributed by atoms with Crippen LogP contribution >= 0.6 is 21.7 Å². The molecule has 0 spiro atoms. The summed E-state index contributed by atoms with van der Waals surface area (Å²) in [5.74, 6) is 0. The molecule has 0 aliphatic carbocycles. The van der Waals surface area contributed by atoms with Crippen molar-refractivity contribution in [3.8, 4) is 0 Å². The largest absolute Gasteiger partial charge is 0.328 e. The number of hydrogen-bond donors (Lipinski definition) is 0. The molecular weight excluding hydrogens is 182 g/mol. The summed E-state index contributed by atoms with van der Waals surface area (Å²) in [4.78, 5) is 12.9. The van der Waals surface area contributed by atoms with E-state index in [1.807, 2.05) is 27.7 Å². The molecule has 66 valence electrons. The van der Waals surface area contributed by atoms with E-state index in [2.05, 4.69) is 0 Å². The van der Waals surface area contributed by atoms with Gasteiger partial charge in [-0.1, -0.05) is 0 Å². The Bertz CT molecular complexity index is 130. The summed E-state index contributed by atoms with van der Waals surface area (Å²) < 4.78 is 0. The predicted molar refractivity (Wildman–Crippen MR) is 51.0 cm³/mol. The molecule has 0 radical (unpaired) electrons. The van der Waals surface area contributed by atoms with E-state index in [1.165, 1.54) is 0 Å². The van der Waals surface area contributed by atoms with Gasteiger partial charge in [-0.15, -0.1) is 0 Å². The summed E-state index contributed by atoms with van der Waals surface area (Å²) in [7, 11) is 6.11. The highest BCUT2D eigenvalue weighted by atomic mass is 35.7. The van der Waals surface area contributed by atoms with E-state index in [9.17, 15) is 4.79 Å². The van der Waals surface area contributed by atoms with Gasteiger partial charge < -0.3 is 4.90 Å². The number of carbonyl (C=O) groups is 1. The van der Waals surface area contributed by atoms with Gasteiger partial charge in [0.25, 0.3) is 5.24 Å². The van der Waals surface area contributed by atoms with E-state index in [4.69, 9.17) is 10.7 Å². The first-order valence-corrected chi connectivity index (χ1v) is 5.25. The van der Waals surface area contributed by atoms with Crippen molar-refractivity contribution in [1.82, 2.24) is 4.90 Å². The number of rotatable bonds is 2. The van der Waals surface area contributed by atoms with Gasteiger partial charge in [0.15, 0.2) is 0 Å². The van der Waals surface area contributed by atoms with Crippen LogP contribution in [-0.2, 0) is 0 Å². The summed E-state index contributed by atoms with van der Waals surface area (Å²) in [5.41, 5.74) is 0. The van der Waals surface area contributed by atoms with Crippen LogP contribution in [0, 0.1) is 0 Å². The molecule has 0 rings (SSSR count). The number of carbonyl (C=O) groups excluding carboxylic acids is 1. The molecule has 0 aromatic rings. The second-order valence-electron chi connectivity index (χ2n) is 2.94. The molecule has 0 unspecified atom stereocenters. The highest BCUT2D eigenvalue weighted by Gasteiger charge is 2.19. The third-order valence-electron chi connectivity index (χ3n) is 1.39. The lowest BCUT2D eigenvalue weighted by Gasteiger charge is -2.29. The van der Waals surface area contributed by atoms with Crippen LogP contribution in [0.3, 0.4) is 0 Å². The Balaban J connectivity index is 4.22. The van der Waals surface area contributed by atoms with E-state index in [0.29, 0.717) is 0 Å². The second-order valence-corrected chi connectivity index (χ2v) is 3.90. The van der Waals surface area contributed by atoms with Gasteiger partial charge >= 0.3 is 0 Å². The van der Waals surface area contributed by atoms with E-state index in [0.717, 1.165) is 11.0 Å². The minimum absolute atomic E-state index is 0.0725. The summed E-state index contributed by atoms with van der Waals surface area (Å²) in [5, 5.41) is -0.0725. The van der Waals surface area contributed by atoms with Gasteiger partial charge in [0.1, 0.15) is 0 Å². The molecule has 1 amide bonds. The molecule has 2 nitrogen and oxygen atoms in total. The maximum Gasteiger partial charge on any atom is 0.297 e. The first kappa shape index (κ1) is 11.1. The third kappa shape index (κ3) is 3.34. The fourth-order valence-electron chi connectivity index (χ4n) is 1.06. The number of halogens is 1. The fraction of sp³-hybridized carbons (Fsp3) is 0.857. The van der Waals surface area contributed by atoms with Crippen molar-refractivity contribution < 1.29 is 4.79 Å². The number of nitrogens with zero attached hydrogens (tertiary/aromatic N) is 1. The Morgan fingerprint density at radius 3 is 1.73 bits per heavy atom. The molecule has 0 saturated heterocycles. The minimum Gasteiger partial charge on any atom is -0.328 e. The summed E-state index contributed by atoms with van der Waals surface area (Å²) in [6, 6.07) is 0.433. The van der Waals surface area contributed by atoms with Crippen LogP contribution in [0.2, 0.25) is 0 Å². The summed E-state index contributed by atoms with van der Waals surface area (Å²) >= 11 is 0. The Morgan fingerprint density at radius 2 is 1.64 bits per heavy atom. The first-order chi connectivity index (χ1) is 5.00. The van der Waals surface area contributed by atoms with Crippen LogP contribution in [0.1, 0.15) is 27.7 Å². The molecule has 0 aliphatic rings. The number of amides is 1. The Kier molecular flexibility index (Phi) is 4.93. The van der Waals surface area contributed by atoms with E-state index in [-0.39, 0.29) is 17.3 Å².